The van der Waals surface area contributed by atoms with E-state index in [2.05, 4.69) is 10.6 Å². The second-order valence-electron chi connectivity index (χ2n) is 6.29. The molecule has 0 spiro atoms. The van der Waals surface area contributed by atoms with Gasteiger partial charge in [-0.2, -0.15) is 0 Å². The third-order valence-corrected chi connectivity index (χ3v) is 3.95. The van der Waals surface area contributed by atoms with Gasteiger partial charge in [0.15, 0.2) is 0 Å². The van der Waals surface area contributed by atoms with E-state index in [-0.39, 0.29) is 24.9 Å². The second kappa shape index (κ2) is 13.6. The van der Waals surface area contributed by atoms with Crippen molar-refractivity contribution in [2.24, 2.45) is 0 Å². The van der Waals surface area contributed by atoms with E-state index >= 15 is 0 Å². The van der Waals surface area contributed by atoms with Gasteiger partial charge in [0.05, 0.1) is 36.1 Å². The summed E-state index contributed by atoms with van der Waals surface area (Å²) in [5, 5.41) is 20.8. The maximum Gasteiger partial charge on any atom is 0.414 e. The maximum absolute atomic E-state index is 12.2. The number of nitrogens with one attached hydrogen (secondary N) is 2. The Morgan fingerprint density at radius 1 is 0.875 bits per heavy atom. The summed E-state index contributed by atoms with van der Waals surface area (Å²) in [5.41, 5.74) is 1.15. The van der Waals surface area contributed by atoms with Crippen molar-refractivity contribution < 1.29 is 34.1 Å². The molecule has 0 aliphatic carbocycles. The van der Waals surface area contributed by atoms with Crippen molar-refractivity contribution in [1.29, 1.82) is 0 Å². The molecule has 2 amide bonds. The van der Waals surface area contributed by atoms with E-state index in [1.807, 2.05) is 19.1 Å². The highest BCUT2D eigenvalue weighted by Gasteiger charge is 2.13. The zero-order chi connectivity index (χ0) is 24.1. The summed E-state index contributed by atoms with van der Waals surface area (Å²) in [7, 11) is 1.69. The lowest BCUT2D eigenvalue weighted by molar-refractivity contribution is -0.159. The summed E-state index contributed by atoms with van der Waals surface area (Å²) in [4.78, 5) is 44.1. The number of carbonyl (C=O) groups is 4. The molecule has 0 saturated heterocycles. The smallest absolute Gasteiger partial charge is 0.414 e. The van der Waals surface area contributed by atoms with Gasteiger partial charge in [-0.05, 0) is 38.2 Å². The van der Waals surface area contributed by atoms with Gasteiger partial charge >= 0.3 is 11.9 Å². The fourth-order valence-electron chi connectivity index (χ4n) is 2.34. The minimum Gasteiger partial charge on any atom is -0.492 e. The molecular formula is C21H24ClN3O7. The molecule has 2 aromatic carbocycles. The summed E-state index contributed by atoms with van der Waals surface area (Å²) >= 11 is 6.02. The number of halogens is 1. The van der Waals surface area contributed by atoms with Crippen LogP contribution in [0.5, 0.6) is 5.75 Å². The van der Waals surface area contributed by atoms with Crippen LogP contribution in [0.4, 0.5) is 11.4 Å². The van der Waals surface area contributed by atoms with Crippen molar-refractivity contribution in [1.82, 2.24) is 4.90 Å². The highest BCUT2D eigenvalue weighted by Crippen LogP contribution is 2.23. The monoisotopic (exact) mass is 465 g/mol. The van der Waals surface area contributed by atoms with Crippen LogP contribution < -0.4 is 15.4 Å². The molecular weight excluding hydrogens is 442 g/mol. The van der Waals surface area contributed by atoms with Gasteiger partial charge in [0, 0.05) is 0 Å². The molecule has 0 fully saturated rings. The minimum atomic E-state index is -1.82. The summed E-state index contributed by atoms with van der Waals surface area (Å²) in [6, 6.07) is 14.2. The first-order chi connectivity index (χ1) is 15.1. The number of carboxylic acids is 2. The average Bonchev–Trinajstić information content (AvgIpc) is 2.71. The Kier molecular flexibility index (Phi) is 11.2. The van der Waals surface area contributed by atoms with E-state index in [1.165, 1.54) is 0 Å². The number of likely N-dealkylation sites (N-methyl/N-ethyl adjacent to an activating group) is 1. The molecule has 0 aliphatic rings. The Morgan fingerprint density at radius 2 is 1.34 bits per heavy atom. The van der Waals surface area contributed by atoms with E-state index in [1.54, 1.807) is 48.3 Å². The summed E-state index contributed by atoms with van der Waals surface area (Å²) in [5.74, 6) is -3.51. The standard InChI is InChI=1S/C19H22ClN3O3.C2H2O4/c1-3-26-17-11-7-6-10-16(17)22-19(25)13-23(2)12-18(24)21-15-9-5-4-8-14(15)20;3-1(4)2(5)6/h4-11H,3,12-13H2,1-2H3,(H,21,24)(H,22,25);(H,3,4)(H,5,6). The fourth-order valence-corrected chi connectivity index (χ4v) is 2.52. The molecule has 11 heteroatoms. The first-order valence-electron chi connectivity index (χ1n) is 9.34. The summed E-state index contributed by atoms with van der Waals surface area (Å²) in [6.07, 6.45) is 0. The lowest BCUT2D eigenvalue weighted by atomic mass is 10.3. The van der Waals surface area contributed by atoms with Crippen molar-refractivity contribution in [2.45, 2.75) is 6.92 Å². The highest BCUT2D eigenvalue weighted by atomic mass is 35.5. The van der Waals surface area contributed by atoms with Crippen LogP contribution in [0.3, 0.4) is 0 Å². The number of anilines is 2. The topological polar surface area (TPSA) is 145 Å². The van der Waals surface area contributed by atoms with Gasteiger partial charge < -0.3 is 25.6 Å². The highest BCUT2D eigenvalue weighted by molar-refractivity contribution is 6.33. The molecule has 172 valence electrons. The molecule has 2 rings (SSSR count). The van der Waals surface area contributed by atoms with Gasteiger partial charge in [0.25, 0.3) is 0 Å². The maximum atomic E-state index is 12.2. The summed E-state index contributed by atoms with van der Waals surface area (Å²) in [6.45, 7) is 2.52. The largest absolute Gasteiger partial charge is 0.492 e. The Morgan fingerprint density at radius 3 is 1.84 bits per heavy atom. The van der Waals surface area contributed by atoms with Crippen molar-refractivity contribution in [3.63, 3.8) is 0 Å². The van der Waals surface area contributed by atoms with Crippen LogP contribution in [0, 0.1) is 0 Å². The second-order valence-corrected chi connectivity index (χ2v) is 6.70. The molecule has 0 bridgehead atoms. The van der Waals surface area contributed by atoms with Crippen LogP contribution >= 0.6 is 11.6 Å². The van der Waals surface area contributed by atoms with Crippen molar-refractivity contribution in [2.75, 3.05) is 37.4 Å². The molecule has 2 aromatic rings. The number of hydrogen-bond acceptors (Lipinski definition) is 6. The Balaban J connectivity index is 0.000000751. The van der Waals surface area contributed by atoms with E-state index in [0.717, 1.165) is 0 Å². The number of ether oxygens (including phenoxy) is 1. The number of rotatable bonds is 8. The first-order valence-corrected chi connectivity index (χ1v) is 9.72. The number of nitrogens with zero attached hydrogens (tertiary/aromatic N) is 1. The zero-order valence-electron chi connectivity index (χ0n) is 17.5. The first kappa shape index (κ1) is 26.4. The lowest BCUT2D eigenvalue weighted by Crippen LogP contribution is -2.36. The molecule has 0 aromatic heterocycles. The molecule has 0 heterocycles. The molecule has 0 aliphatic heterocycles. The van der Waals surface area contributed by atoms with Gasteiger partial charge in [0.1, 0.15) is 5.75 Å². The number of para-hydroxylation sites is 3. The van der Waals surface area contributed by atoms with Gasteiger partial charge in [0.2, 0.25) is 11.8 Å². The van der Waals surface area contributed by atoms with Gasteiger partial charge in [-0.25, -0.2) is 9.59 Å². The molecule has 32 heavy (non-hydrogen) atoms. The number of carboxylic acid groups (broad SMARTS) is 2. The normalized spacial score (nSPS) is 9.88. The van der Waals surface area contributed by atoms with Crippen molar-refractivity contribution >= 4 is 46.7 Å². The van der Waals surface area contributed by atoms with Gasteiger partial charge in [-0.1, -0.05) is 35.9 Å². The van der Waals surface area contributed by atoms with E-state index in [0.29, 0.717) is 28.8 Å². The molecule has 10 nitrogen and oxygen atoms in total. The molecule has 4 N–H and O–H groups in total. The average molecular weight is 466 g/mol. The van der Waals surface area contributed by atoms with E-state index in [4.69, 9.17) is 36.1 Å². The van der Waals surface area contributed by atoms with Crippen LogP contribution in [0.2, 0.25) is 5.02 Å². The molecule has 0 atom stereocenters. The van der Waals surface area contributed by atoms with Crippen LogP contribution in [0.25, 0.3) is 0 Å². The van der Waals surface area contributed by atoms with Crippen LogP contribution in [-0.4, -0.2) is 65.6 Å². The molecule has 0 unspecified atom stereocenters. The predicted octanol–water partition coefficient (Wildman–Crippen LogP) is 2.40. The Labute approximate surface area is 189 Å². The number of hydrogen-bond donors (Lipinski definition) is 4. The van der Waals surface area contributed by atoms with Crippen molar-refractivity contribution in [3.8, 4) is 5.75 Å². The predicted molar refractivity (Wildman–Crippen MR) is 119 cm³/mol. The van der Waals surface area contributed by atoms with Gasteiger partial charge in [-0.15, -0.1) is 0 Å². The number of aliphatic carboxylic acids is 2. The Bertz CT molecular complexity index is 940. The van der Waals surface area contributed by atoms with Crippen LogP contribution in [-0.2, 0) is 19.2 Å². The van der Waals surface area contributed by atoms with E-state index in [9.17, 15) is 9.59 Å². The third-order valence-electron chi connectivity index (χ3n) is 3.62. The van der Waals surface area contributed by atoms with Crippen LogP contribution in [0.1, 0.15) is 6.92 Å². The quantitative estimate of drug-likeness (QED) is 0.435. The minimum absolute atomic E-state index is 0.0613. The SMILES string of the molecule is CCOc1ccccc1NC(=O)CN(C)CC(=O)Nc1ccccc1Cl.O=C(O)C(=O)O. The lowest BCUT2D eigenvalue weighted by Gasteiger charge is -2.17. The van der Waals surface area contributed by atoms with Gasteiger partial charge in [-0.3, -0.25) is 14.5 Å². The van der Waals surface area contributed by atoms with Crippen LogP contribution in [0.15, 0.2) is 48.5 Å². The summed E-state index contributed by atoms with van der Waals surface area (Å²) < 4.78 is 5.48. The Hall–Kier alpha value is -3.63. The number of benzene rings is 2. The van der Waals surface area contributed by atoms with E-state index < -0.39 is 11.9 Å². The third kappa shape index (κ3) is 9.92. The zero-order valence-corrected chi connectivity index (χ0v) is 18.3. The molecule has 0 saturated carbocycles. The van der Waals surface area contributed by atoms with Crippen molar-refractivity contribution in [3.05, 3.63) is 53.6 Å². The number of amides is 2. The fraction of sp³-hybridized carbons (Fsp3) is 0.238. The number of carbonyl (C=O) groups excluding carboxylic acids is 2. The molecule has 0 radical (unpaired) electrons.